The highest BCUT2D eigenvalue weighted by Crippen LogP contribution is 2.32. The van der Waals surface area contributed by atoms with Crippen LogP contribution in [-0.4, -0.2) is 15.2 Å². The molecule has 26 heavy (non-hydrogen) atoms. The topological polar surface area (TPSA) is 62.8 Å². The van der Waals surface area contributed by atoms with Crippen molar-refractivity contribution in [3.63, 3.8) is 0 Å². The molecule has 4 rings (SSSR count). The number of hydrogen-bond donors (Lipinski definition) is 2. The van der Waals surface area contributed by atoms with Gasteiger partial charge in [-0.25, -0.2) is 0 Å². The Labute approximate surface area is 152 Å². The molecule has 5 nitrogen and oxygen atoms in total. The summed E-state index contributed by atoms with van der Waals surface area (Å²) in [5.41, 5.74) is 3.34. The Balaban J connectivity index is 1.78. The number of anilines is 2. The van der Waals surface area contributed by atoms with Crippen LogP contribution in [0.4, 0.5) is 11.6 Å². The van der Waals surface area contributed by atoms with E-state index in [9.17, 15) is 0 Å². The molecular formula is C21H20N4O. The van der Waals surface area contributed by atoms with E-state index < -0.39 is 0 Å². The van der Waals surface area contributed by atoms with Gasteiger partial charge in [-0.05, 0) is 56.0 Å². The number of H-pyrrole nitrogens is 1. The largest absolute Gasteiger partial charge is 0.438 e. The second-order valence-corrected chi connectivity index (χ2v) is 6.46. The van der Waals surface area contributed by atoms with Crippen LogP contribution in [0.3, 0.4) is 0 Å². The zero-order chi connectivity index (χ0) is 18.1. The van der Waals surface area contributed by atoms with Crippen LogP contribution >= 0.6 is 0 Å². The van der Waals surface area contributed by atoms with E-state index in [0.29, 0.717) is 11.7 Å². The highest BCUT2D eigenvalue weighted by molar-refractivity contribution is 5.92. The third kappa shape index (κ3) is 3.24. The molecule has 0 amide bonds. The molecule has 0 radical (unpaired) electrons. The van der Waals surface area contributed by atoms with Crippen LogP contribution in [0, 0.1) is 20.8 Å². The van der Waals surface area contributed by atoms with Gasteiger partial charge >= 0.3 is 0 Å². The van der Waals surface area contributed by atoms with Crippen molar-refractivity contribution in [1.82, 2.24) is 15.2 Å². The smallest absolute Gasteiger partial charge is 0.229 e. The van der Waals surface area contributed by atoms with Gasteiger partial charge in [0.15, 0.2) is 5.82 Å². The Kier molecular flexibility index (Phi) is 4.05. The quantitative estimate of drug-likeness (QED) is 0.519. The van der Waals surface area contributed by atoms with E-state index in [4.69, 9.17) is 4.74 Å². The zero-order valence-electron chi connectivity index (χ0n) is 15.0. The van der Waals surface area contributed by atoms with Crippen molar-refractivity contribution in [2.45, 2.75) is 20.8 Å². The van der Waals surface area contributed by atoms with Crippen molar-refractivity contribution < 1.29 is 4.74 Å². The minimum atomic E-state index is 0.574. The molecule has 5 heteroatoms. The van der Waals surface area contributed by atoms with Gasteiger partial charge in [-0.1, -0.05) is 29.8 Å². The molecule has 0 aliphatic rings. The number of rotatable bonds is 4. The Morgan fingerprint density at radius 1 is 0.885 bits per heavy atom. The van der Waals surface area contributed by atoms with E-state index in [1.807, 2.05) is 55.5 Å². The summed E-state index contributed by atoms with van der Waals surface area (Å²) in [5.74, 6) is 2.76. The molecule has 130 valence electrons. The van der Waals surface area contributed by atoms with Crippen LogP contribution < -0.4 is 10.1 Å². The number of aromatic amines is 1. The molecular weight excluding hydrogens is 324 g/mol. The summed E-state index contributed by atoms with van der Waals surface area (Å²) >= 11 is 0. The number of aryl methyl sites for hydroxylation is 3. The second-order valence-electron chi connectivity index (χ2n) is 6.46. The first kappa shape index (κ1) is 16.1. The first-order valence-electron chi connectivity index (χ1n) is 8.52. The van der Waals surface area contributed by atoms with Crippen LogP contribution in [-0.2, 0) is 0 Å². The van der Waals surface area contributed by atoms with Crippen molar-refractivity contribution in [2.75, 3.05) is 5.32 Å². The van der Waals surface area contributed by atoms with E-state index in [0.717, 1.165) is 28.0 Å². The summed E-state index contributed by atoms with van der Waals surface area (Å²) in [6.07, 6.45) is 0. The minimum absolute atomic E-state index is 0.574. The summed E-state index contributed by atoms with van der Waals surface area (Å²) < 4.78 is 6.11. The van der Waals surface area contributed by atoms with Crippen LogP contribution in [0.25, 0.3) is 10.8 Å². The van der Waals surface area contributed by atoms with E-state index in [-0.39, 0.29) is 0 Å². The van der Waals surface area contributed by atoms with Gasteiger partial charge in [-0.3, -0.25) is 5.10 Å². The van der Waals surface area contributed by atoms with Gasteiger partial charge in [0.25, 0.3) is 0 Å². The Morgan fingerprint density at radius 2 is 1.69 bits per heavy atom. The van der Waals surface area contributed by atoms with Gasteiger partial charge < -0.3 is 10.1 Å². The number of ether oxygens (including phenoxy) is 1. The predicted molar refractivity (Wildman–Crippen MR) is 104 cm³/mol. The fourth-order valence-electron chi connectivity index (χ4n) is 2.87. The molecule has 0 fully saturated rings. The number of aromatic nitrogens is 3. The summed E-state index contributed by atoms with van der Waals surface area (Å²) in [6, 6.07) is 18.1. The Hall–Kier alpha value is -3.34. The highest BCUT2D eigenvalue weighted by Gasteiger charge is 2.11. The van der Waals surface area contributed by atoms with Crippen molar-refractivity contribution in [2.24, 2.45) is 0 Å². The predicted octanol–water partition coefficient (Wildman–Crippen LogP) is 5.42. The Morgan fingerprint density at radius 3 is 2.42 bits per heavy atom. The molecule has 0 aliphatic carbocycles. The van der Waals surface area contributed by atoms with E-state index >= 15 is 0 Å². The van der Waals surface area contributed by atoms with E-state index in [1.165, 1.54) is 11.1 Å². The molecule has 2 N–H and O–H groups in total. The van der Waals surface area contributed by atoms with Crippen LogP contribution in [0.5, 0.6) is 11.6 Å². The first-order valence-corrected chi connectivity index (χ1v) is 8.52. The lowest BCUT2D eigenvalue weighted by molar-refractivity contribution is 0.470. The standard InChI is InChI=1S/C21H20N4O/c1-13-7-9-16(10-8-13)26-21-17-6-4-5-14(2)18(17)12-19(23-21)22-20-11-15(3)24-25-20/h4-12H,1-3H3,(H2,22,23,24,25). The monoisotopic (exact) mass is 344 g/mol. The number of nitrogens with zero attached hydrogens (tertiary/aromatic N) is 2. The first-order chi connectivity index (χ1) is 12.6. The molecule has 2 aromatic carbocycles. The molecule has 2 aromatic heterocycles. The van der Waals surface area contributed by atoms with Gasteiger partial charge in [0, 0.05) is 17.1 Å². The lowest BCUT2D eigenvalue weighted by atomic mass is 10.1. The molecule has 4 aromatic rings. The average Bonchev–Trinajstić information content (AvgIpc) is 3.03. The molecule has 2 heterocycles. The lowest BCUT2D eigenvalue weighted by Gasteiger charge is -2.12. The van der Waals surface area contributed by atoms with Crippen LogP contribution in [0.2, 0.25) is 0 Å². The van der Waals surface area contributed by atoms with Gasteiger partial charge in [0.2, 0.25) is 5.88 Å². The third-order valence-electron chi connectivity index (χ3n) is 4.26. The van der Waals surface area contributed by atoms with E-state index in [2.05, 4.69) is 40.4 Å². The summed E-state index contributed by atoms with van der Waals surface area (Å²) in [5, 5.41) is 12.5. The maximum Gasteiger partial charge on any atom is 0.229 e. The van der Waals surface area contributed by atoms with Gasteiger partial charge in [-0.15, -0.1) is 0 Å². The highest BCUT2D eigenvalue weighted by atomic mass is 16.5. The molecule has 0 spiro atoms. The maximum atomic E-state index is 6.11. The Bertz CT molecular complexity index is 1070. The molecule has 0 saturated carbocycles. The number of hydrogen-bond acceptors (Lipinski definition) is 4. The van der Waals surface area contributed by atoms with Crippen molar-refractivity contribution in [3.8, 4) is 11.6 Å². The molecule has 0 atom stereocenters. The fourth-order valence-corrected chi connectivity index (χ4v) is 2.87. The van der Waals surface area contributed by atoms with E-state index in [1.54, 1.807) is 0 Å². The molecule has 0 saturated heterocycles. The number of fused-ring (bicyclic) bond motifs is 1. The summed E-state index contributed by atoms with van der Waals surface area (Å²) in [4.78, 5) is 4.68. The van der Waals surface area contributed by atoms with Crippen molar-refractivity contribution in [3.05, 3.63) is 71.4 Å². The number of nitrogens with one attached hydrogen (secondary N) is 2. The van der Waals surface area contributed by atoms with Crippen molar-refractivity contribution >= 4 is 22.4 Å². The number of pyridine rings is 1. The van der Waals surface area contributed by atoms with Gasteiger partial charge in [-0.2, -0.15) is 10.1 Å². The molecule has 0 bridgehead atoms. The SMILES string of the molecule is Cc1ccc(Oc2nc(Nc3cc(C)[nH]n3)cc3c(C)cccc23)cc1. The lowest BCUT2D eigenvalue weighted by Crippen LogP contribution is -1.98. The van der Waals surface area contributed by atoms with Crippen LogP contribution in [0.1, 0.15) is 16.8 Å². The normalized spacial score (nSPS) is 10.9. The molecule has 0 aliphatic heterocycles. The van der Waals surface area contributed by atoms with Crippen LogP contribution in [0.15, 0.2) is 54.6 Å². The second kappa shape index (κ2) is 6.52. The minimum Gasteiger partial charge on any atom is -0.438 e. The number of benzene rings is 2. The zero-order valence-corrected chi connectivity index (χ0v) is 15.0. The summed E-state index contributed by atoms with van der Waals surface area (Å²) in [6.45, 7) is 6.10. The average molecular weight is 344 g/mol. The van der Waals surface area contributed by atoms with Gasteiger partial charge in [0.1, 0.15) is 11.6 Å². The maximum absolute atomic E-state index is 6.11. The van der Waals surface area contributed by atoms with Crippen molar-refractivity contribution in [1.29, 1.82) is 0 Å². The van der Waals surface area contributed by atoms with Gasteiger partial charge in [0.05, 0.1) is 0 Å². The summed E-state index contributed by atoms with van der Waals surface area (Å²) in [7, 11) is 0. The fraction of sp³-hybridized carbons (Fsp3) is 0.143. The third-order valence-corrected chi connectivity index (χ3v) is 4.26. The molecule has 0 unspecified atom stereocenters.